The zero-order valence-corrected chi connectivity index (χ0v) is 15.1. The third kappa shape index (κ3) is 4.68. The van der Waals surface area contributed by atoms with Crippen LogP contribution in [0.4, 0.5) is 0 Å². The van der Waals surface area contributed by atoms with Crippen molar-refractivity contribution in [3.8, 4) is 0 Å². The monoisotopic (exact) mass is 327 g/mol. The van der Waals surface area contributed by atoms with Crippen LogP contribution in [0.3, 0.4) is 0 Å². The Labute approximate surface area is 145 Å². The van der Waals surface area contributed by atoms with Gasteiger partial charge in [0.15, 0.2) is 0 Å². The smallest absolute Gasteiger partial charge is 0.0705 e. The summed E-state index contributed by atoms with van der Waals surface area (Å²) in [7, 11) is 0. The molecular weight excluding hydrogens is 298 g/mol. The quantitative estimate of drug-likeness (QED) is 0.913. The maximum absolute atomic E-state index is 5.96. The van der Waals surface area contributed by atoms with Crippen LogP contribution in [0.15, 0.2) is 36.4 Å². The van der Waals surface area contributed by atoms with Crippen LogP contribution in [-0.2, 0) is 23.1 Å². The number of aromatic nitrogens is 2. The first-order valence-corrected chi connectivity index (χ1v) is 8.93. The summed E-state index contributed by atoms with van der Waals surface area (Å²) in [6, 6.07) is 12.9. The van der Waals surface area contributed by atoms with Crippen LogP contribution in [0.2, 0.25) is 0 Å². The Morgan fingerprint density at radius 3 is 2.75 bits per heavy atom. The van der Waals surface area contributed by atoms with Crippen molar-refractivity contribution in [1.82, 2.24) is 15.1 Å². The zero-order chi connectivity index (χ0) is 17.0. The maximum atomic E-state index is 5.96. The van der Waals surface area contributed by atoms with Crippen molar-refractivity contribution >= 4 is 0 Å². The average molecular weight is 327 g/mol. The summed E-state index contributed by atoms with van der Waals surface area (Å²) in [4.78, 5) is 2.47. The topological polar surface area (TPSA) is 41.1 Å². The summed E-state index contributed by atoms with van der Waals surface area (Å²) in [5, 5.41) is 7.66. The largest absolute Gasteiger partial charge is 0.376 e. The van der Waals surface area contributed by atoms with Gasteiger partial charge in [-0.1, -0.05) is 51.1 Å². The van der Waals surface area contributed by atoms with Gasteiger partial charge in [0.1, 0.15) is 0 Å². The van der Waals surface area contributed by atoms with Gasteiger partial charge in [-0.3, -0.25) is 10.00 Å². The lowest BCUT2D eigenvalue weighted by Gasteiger charge is -2.32. The second-order valence-electron chi connectivity index (χ2n) is 7.78. The summed E-state index contributed by atoms with van der Waals surface area (Å²) >= 11 is 0. The third-order valence-corrected chi connectivity index (χ3v) is 4.61. The number of hydrogen-bond donors (Lipinski definition) is 1. The van der Waals surface area contributed by atoms with Crippen LogP contribution >= 0.6 is 0 Å². The van der Waals surface area contributed by atoms with Crippen molar-refractivity contribution in [3.63, 3.8) is 0 Å². The van der Waals surface area contributed by atoms with Gasteiger partial charge in [0.2, 0.25) is 0 Å². The minimum Gasteiger partial charge on any atom is -0.376 e. The van der Waals surface area contributed by atoms with Gasteiger partial charge >= 0.3 is 0 Å². The van der Waals surface area contributed by atoms with E-state index in [0.717, 1.165) is 44.8 Å². The summed E-state index contributed by atoms with van der Waals surface area (Å²) in [5.41, 5.74) is 3.81. The van der Waals surface area contributed by atoms with Crippen LogP contribution in [0.25, 0.3) is 0 Å². The molecule has 1 aliphatic rings. The van der Waals surface area contributed by atoms with Crippen LogP contribution in [0.1, 0.15) is 44.1 Å². The minimum atomic E-state index is 0.0952. The van der Waals surface area contributed by atoms with Gasteiger partial charge in [-0.25, -0.2) is 0 Å². The van der Waals surface area contributed by atoms with E-state index in [2.05, 4.69) is 72.3 Å². The normalized spacial score (nSPS) is 19.5. The van der Waals surface area contributed by atoms with Gasteiger partial charge in [0, 0.05) is 30.7 Å². The number of rotatable bonds is 5. The van der Waals surface area contributed by atoms with E-state index in [9.17, 15) is 0 Å². The van der Waals surface area contributed by atoms with Crippen molar-refractivity contribution in [2.75, 3.05) is 19.7 Å². The van der Waals surface area contributed by atoms with E-state index in [1.165, 1.54) is 11.3 Å². The minimum absolute atomic E-state index is 0.0952. The highest BCUT2D eigenvalue weighted by molar-refractivity contribution is 5.16. The molecule has 1 aromatic carbocycles. The summed E-state index contributed by atoms with van der Waals surface area (Å²) in [6.45, 7) is 10.3. The molecule has 1 N–H and O–H groups in total. The molecule has 4 heteroatoms. The lowest BCUT2D eigenvalue weighted by atomic mass is 9.92. The van der Waals surface area contributed by atoms with Crippen LogP contribution in [0.5, 0.6) is 0 Å². The molecule has 2 aromatic rings. The number of H-pyrrole nitrogens is 1. The van der Waals surface area contributed by atoms with Crippen LogP contribution in [0, 0.1) is 0 Å². The molecule has 1 atom stereocenters. The van der Waals surface area contributed by atoms with E-state index in [-0.39, 0.29) is 5.41 Å². The highest BCUT2D eigenvalue weighted by Gasteiger charge is 2.22. The van der Waals surface area contributed by atoms with Crippen LogP contribution in [-0.4, -0.2) is 40.9 Å². The molecular formula is C20H29N3O. The van der Waals surface area contributed by atoms with Gasteiger partial charge in [-0.2, -0.15) is 5.10 Å². The van der Waals surface area contributed by atoms with E-state index in [0.29, 0.717) is 6.10 Å². The summed E-state index contributed by atoms with van der Waals surface area (Å²) < 4.78 is 5.96. The van der Waals surface area contributed by atoms with Crippen molar-refractivity contribution in [2.24, 2.45) is 0 Å². The fourth-order valence-electron chi connectivity index (χ4n) is 3.14. The molecule has 0 spiro atoms. The number of nitrogens with one attached hydrogen (secondary N) is 1. The molecule has 3 rings (SSSR count). The van der Waals surface area contributed by atoms with Gasteiger partial charge in [0.25, 0.3) is 0 Å². The van der Waals surface area contributed by atoms with E-state index in [1.54, 1.807) is 0 Å². The molecule has 130 valence electrons. The highest BCUT2D eigenvalue weighted by atomic mass is 16.5. The number of aryl methyl sites for hydroxylation is 1. The molecule has 24 heavy (non-hydrogen) atoms. The molecule has 0 aliphatic carbocycles. The number of aromatic amines is 1. The number of nitrogens with zero attached hydrogens (tertiary/aromatic N) is 2. The Hall–Kier alpha value is -1.65. The van der Waals surface area contributed by atoms with Crippen molar-refractivity contribution in [2.45, 2.75) is 51.7 Å². The second-order valence-corrected chi connectivity index (χ2v) is 7.78. The molecule has 0 amide bonds. The van der Waals surface area contributed by atoms with E-state index in [1.807, 2.05) is 0 Å². The Kier molecular flexibility index (Phi) is 5.36. The Morgan fingerprint density at radius 1 is 1.25 bits per heavy atom. The van der Waals surface area contributed by atoms with Crippen LogP contribution < -0.4 is 0 Å². The molecule has 1 aromatic heterocycles. The summed E-state index contributed by atoms with van der Waals surface area (Å²) in [5.74, 6) is 0. The lowest BCUT2D eigenvalue weighted by Crippen LogP contribution is -2.42. The lowest BCUT2D eigenvalue weighted by molar-refractivity contribution is -0.0349. The molecule has 1 aliphatic heterocycles. The Bertz CT molecular complexity index is 630. The number of ether oxygens (including phenoxy) is 1. The van der Waals surface area contributed by atoms with Crippen molar-refractivity contribution in [1.29, 1.82) is 0 Å². The third-order valence-electron chi connectivity index (χ3n) is 4.61. The van der Waals surface area contributed by atoms with Gasteiger partial charge in [-0.05, 0) is 24.5 Å². The molecule has 1 fully saturated rings. The van der Waals surface area contributed by atoms with Gasteiger partial charge in [0.05, 0.1) is 18.4 Å². The predicted molar refractivity (Wildman–Crippen MR) is 97.1 cm³/mol. The highest BCUT2D eigenvalue weighted by Crippen LogP contribution is 2.21. The molecule has 0 unspecified atom stereocenters. The van der Waals surface area contributed by atoms with Crippen molar-refractivity contribution < 1.29 is 4.74 Å². The fraction of sp³-hybridized carbons (Fsp3) is 0.550. The molecule has 0 saturated carbocycles. The Morgan fingerprint density at radius 2 is 2.04 bits per heavy atom. The fourth-order valence-corrected chi connectivity index (χ4v) is 3.14. The predicted octanol–water partition coefficient (Wildman–Crippen LogP) is 3.54. The molecule has 4 nitrogen and oxygen atoms in total. The summed E-state index contributed by atoms with van der Waals surface area (Å²) in [6.07, 6.45) is 2.48. The Balaban J connectivity index is 1.51. The molecule has 0 bridgehead atoms. The van der Waals surface area contributed by atoms with Crippen molar-refractivity contribution in [3.05, 3.63) is 53.3 Å². The zero-order valence-electron chi connectivity index (χ0n) is 15.1. The average Bonchev–Trinajstić information content (AvgIpc) is 3.03. The number of hydrogen-bond acceptors (Lipinski definition) is 3. The van der Waals surface area contributed by atoms with E-state index < -0.39 is 0 Å². The standard InChI is InChI=1S/C20H29N3O/c1-20(2,3)19-13-17(21-22-19)14-23-11-12-24-18(15-23)10-9-16-7-5-4-6-8-16/h4-8,13,18H,9-12,14-15H2,1-3H3,(H,21,22)/t18-/m0/s1. The van der Waals surface area contributed by atoms with E-state index in [4.69, 9.17) is 4.74 Å². The first-order valence-electron chi connectivity index (χ1n) is 8.93. The van der Waals surface area contributed by atoms with Gasteiger partial charge < -0.3 is 4.74 Å². The first-order chi connectivity index (χ1) is 11.5. The van der Waals surface area contributed by atoms with Gasteiger partial charge in [-0.15, -0.1) is 0 Å². The molecule has 0 radical (unpaired) electrons. The van der Waals surface area contributed by atoms with E-state index >= 15 is 0 Å². The molecule has 2 heterocycles. The number of morpholine rings is 1. The SMILES string of the molecule is CC(C)(C)c1cc(CN2CCO[C@@H](CCc3ccccc3)C2)[nH]n1. The second kappa shape index (κ2) is 7.49. The maximum Gasteiger partial charge on any atom is 0.0705 e. The molecule has 1 saturated heterocycles. The number of benzene rings is 1. The first kappa shape index (κ1) is 17.2.